The zero-order chi connectivity index (χ0) is 17.2. The second-order valence-electron chi connectivity index (χ2n) is 7.89. The Balaban J connectivity index is 1.55. The maximum atomic E-state index is 13.1. The molecule has 1 aromatic heterocycles. The SMILES string of the molecule is C=CCn1nc(C(=O)N2CCCCC2)c2c1CCC(NCC1CC1)C2. The van der Waals surface area contributed by atoms with Crippen LogP contribution in [0.15, 0.2) is 12.7 Å². The first-order valence-corrected chi connectivity index (χ1v) is 9.98. The summed E-state index contributed by atoms with van der Waals surface area (Å²) in [5, 5.41) is 8.45. The molecule has 5 heteroatoms. The van der Waals surface area contributed by atoms with Gasteiger partial charge in [0.15, 0.2) is 5.69 Å². The van der Waals surface area contributed by atoms with Crippen molar-refractivity contribution in [2.45, 2.75) is 64.0 Å². The summed E-state index contributed by atoms with van der Waals surface area (Å²) in [7, 11) is 0. The molecule has 25 heavy (non-hydrogen) atoms. The number of likely N-dealkylation sites (tertiary alicyclic amines) is 1. The second-order valence-corrected chi connectivity index (χ2v) is 7.89. The summed E-state index contributed by atoms with van der Waals surface area (Å²) in [4.78, 5) is 15.1. The van der Waals surface area contributed by atoms with Crippen LogP contribution in [0.5, 0.6) is 0 Å². The van der Waals surface area contributed by atoms with E-state index < -0.39 is 0 Å². The zero-order valence-corrected chi connectivity index (χ0v) is 15.2. The van der Waals surface area contributed by atoms with E-state index in [9.17, 15) is 4.79 Å². The number of carbonyl (C=O) groups excluding carboxylic acids is 1. The first kappa shape index (κ1) is 16.8. The van der Waals surface area contributed by atoms with Gasteiger partial charge in [0.05, 0.1) is 6.54 Å². The number of rotatable bonds is 6. The van der Waals surface area contributed by atoms with Gasteiger partial charge in [-0.25, -0.2) is 0 Å². The van der Waals surface area contributed by atoms with E-state index in [1.807, 2.05) is 15.7 Å². The van der Waals surface area contributed by atoms with Crippen LogP contribution in [-0.4, -0.2) is 46.3 Å². The van der Waals surface area contributed by atoms with E-state index in [0.29, 0.717) is 18.3 Å². The summed E-state index contributed by atoms with van der Waals surface area (Å²) in [6.45, 7) is 7.44. The summed E-state index contributed by atoms with van der Waals surface area (Å²) in [5.74, 6) is 1.03. The van der Waals surface area contributed by atoms with Crippen LogP contribution in [-0.2, 0) is 19.4 Å². The molecule has 5 nitrogen and oxygen atoms in total. The highest BCUT2D eigenvalue weighted by atomic mass is 16.2. The summed E-state index contributed by atoms with van der Waals surface area (Å²) in [6.07, 6.45) is 11.2. The summed E-state index contributed by atoms with van der Waals surface area (Å²) in [5.41, 5.74) is 3.15. The molecule has 0 spiro atoms. The molecular formula is C20H30N4O. The third-order valence-corrected chi connectivity index (χ3v) is 5.89. The molecule has 1 aromatic rings. The standard InChI is InChI=1S/C20H30N4O/c1-2-10-24-18-9-8-16(21-14-15-6-7-15)13-17(18)19(22-24)20(25)23-11-4-3-5-12-23/h2,15-16,21H,1,3-14H2. The largest absolute Gasteiger partial charge is 0.337 e. The molecule has 1 atom stereocenters. The van der Waals surface area contributed by atoms with Crippen molar-refractivity contribution in [3.63, 3.8) is 0 Å². The molecule has 136 valence electrons. The van der Waals surface area contributed by atoms with Gasteiger partial charge in [0.25, 0.3) is 5.91 Å². The van der Waals surface area contributed by atoms with Gasteiger partial charge in [0, 0.05) is 30.4 Å². The number of nitrogens with zero attached hydrogens (tertiary/aromatic N) is 3. The molecule has 0 radical (unpaired) electrons. The van der Waals surface area contributed by atoms with Crippen molar-refractivity contribution >= 4 is 5.91 Å². The predicted octanol–water partition coefficient (Wildman–Crippen LogP) is 2.55. The quantitative estimate of drug-likeness (QED) is 0.809. The van der Waals surface area contributed by atoms with Crippen LogP contribution in [0.1, 0.15) is 60.3 Å². The molecule has 2 heterocycles. The highest BCUT2D eigenvalue weighted by molar-refractivity contribution is 5.94. The van der Waals surface area contributed by atoms with E-state index >= 15 is 0 Å². The van der Waals surface area contributed by atoms with Crippen LogP contribution >= 0.6 is 0 Å². The first-order valence-electron chi connectivity index (χ1n) is 9.98. The molecule has 1 aliphatic heterocycles. The molecule has 4 rings (SSSR count). The van der Waals surface area contributed by atoms with Crippen molar-refractivity contribution in [3.05, 3.63) is 29.6 Å². The number of allylic oxidation sites excluding steroid dienone is 1. The minimum Gasteiger partial charge on any atom is -0.337 e. The summed E-state index contributed by atoms with van der Waals surface area (Å²) < 4.78 is 2.01. The second kappa shape index (κ2) is 7.32. The van der Waals surface area contributed by atoms with Gasteiger partial charge in [-0.15, -0.1) is 6.58 Å². The van der Waals surface area contributed by atoms with E-state index in [4.69, 9.17) is 5.10 Å². The normalized spacial score (nSPS) is 23.4. The predicted molar refractivity (Wildman–Crippen MR) is 98.7 cm³/mol. The zero-order valence-electron chi connectivity index (χ0n) is 15.2. The smallest absolute Gasteiger partial charge is 0.274 e. The fourth-order valence-electron chi connectivity index (χ4n) is 4.21. The Bertz CT molecular complexity index is 640. The van der Waals surface area contributed by atoms with E-state index in [-0.39, 0.29) is 5.91 Å². The van der Waals surface area contributed by atoms with Gasteiger partial charge in [-0.2, -0.15) is 5.10 Å². The van der Waals surface area contributed by atoms with E-state index in [2.05, 4.69) is 11.9 Å². The molecule has 0 aromatic carbocycles. The Labute approximate surface area is 150 Å². The first-order chi connectivity index (χ1) is 12.3. The van der Waals surface area contributed by atoms with Crippen LogP contribution in [0, 0.1) is 5.92 Å². The maximum absolute atomic E-state index is 13.1. The summed E-state index contributed by atoms with van der Waals surface area (Å²) in [6, 6.07) is 0.488. The number of nitrogens with one attached hydrogen (secondary N) is 1. The molecule has 2 fully saturated rings. The van der Waals surface area contributed by atoms with E-state index in [1.165, 1.54) is 30.5 Å². The van der Waals surface area contributed by atoms with Crippen LogP contribution in [0.3, 0.4) is 0 Å². The third kappa shape index (κ3) is 3.66. The molecule has 3 aliphatic rings. The molecule has 0 bridgehead atoms. The minimum atomic E-state index is 0.140. The van der Waals surface area contributed by atoms with Crippen LogP contribution in [0.25, 0.3) is 0 Å². The van der Waals surface area contributed by atoms with Gasteiger partial charge in [0.1, 0.15) is 0 Å². The monoisotopic (exact) mass is 342 g/mol. The Morgan fingerprint density at radius 1 is 1.24 bits per heavy atom. The molecule has 1 N–H and O–H groups in total. The van der Waals surface area contributed by atoms with Gasteiger partial charge in [-0.05, 0) is 63.8 Å². The topological polar surface area (TPSA) is 50.2 Å². The van der Waals surface area contributed by atoms with Gasteiger partial charge in [0.2, 0.25) is 0 Å². The van der Waals surface area contributed by atoms with E-state index in [1.54, 1.807) is 0 Å². The number of piperidine rings is 1. The molecule has 1 unspecified atom stereocenters. The van der Waals surface area contributed by atoms with Crippen molar-refractivity contribution < 1.29 is 4.79 Å². The number of carbonyl (C=O) groups is 1. The van der Waals surface area contributed by atoms with Gasteiger partial charge >= 0.3 is 0 Å². The van der Waals surface area contributed by atoms with Gasteiger partial charge in [-0.1, -0.05) is 6.08 Å². The van der Waals surface area contributed by atoms with Crippen LogP contribution in [0.4, 0.5) is 0 Å². The highest BCUT2D eigenvalue weighted by Crippen LogP contribution is 2.30. The average Bonchev–Trinajstić information content (AvgIpc) is 3.42. The Kier molecular flexibility index (Phi) is 4.93. The number of hydrogen-bond acceptors (Lipinski definition) is 3. The molecule has 1 saturated carbocycles. The lowest BCUT2D eigenvalue weighted by Crippen LogP contribution is -2.38. The summed E-state index contributed by atoms with van der Waals surface area (Å²) >= 11 is 0. The van der Waals surface area contributed by atoms with Crippen LogP contribution in [0.2, 0.25) is 0 Å². The molecule has 2 aliphatic carbocycles. The van der Waals surface area contributed by atoms with Crippen molar-refractivity contribution in [2.24, 2.45) is 5.92 Å². The lowest BCUT2D eigenvalue weighted by atomic mass is 9.90. The molecular weight excluding hydrogens is 312 g/mol. The number of hydrogen-bond donors (Lipinski definition) is 1. The van der Waals surface area contributed by atoms with E-state index in [0.717, 1.165) is 57.7 Å². The Morgan fingerprint density at radius 2 is 2.04 bits per heavy atom. The third-order valence-electron chi connectivity index (χ3n) is 5.89. The maximum Gasteiger partial charge on any atom is 0.274 e. The number of aromatic nitrogens is 2. The van der Waals surface area contributed by atoms with Crippen molar-refractivity contribution in [2.75, 3.05) is 19.6 Å². The highest BCUT2D eigenvalue weighted by Gasteiger charge is 2.32. The molecule has 1 amide bonds. The van der Waals surface area contributed by atoms with Gasteiger partial charge in [-0.3, -0.25) is 9.48 Å². The average molecular weight is 342 g/mol. The lowest BCUT2D eigenvalue weighted by Gasteiger charge is -2.27. The fraction of sp³-hybridized carbons (Fsp3) is 0.700. The minimum absolute atomic E-state index is 0.140. The number of fused-ring (bicyclic) bond motifs is 1. The van der Waals surface area contributed by atoms with Crippen molar-refractivity contribution in [3.8, 4) is 0 Å². The Hall–Kier alpha value is -1.62. The fourth-order valence-corrected chi connectivity index (χ4v) is 4.21. The lowest BCUT2D eigenvalue weighted by molar-refractivity contribution is 0.0716. The van der Waals surface area contributed by atoms with Crippen LogP contribution < -0.4 is 5.32 Å². The van der Waals surface area contributed by atoms with Crippen molar-refractivity contribution in [1.29, 1.82) is 0 Å². The van der Waals surface area contributed by atoms with Crippen molar-refractivity contribution in [1.82, 2.24) is 20.0 Å². The Morgan fingerprint density at radius 3 is 2.76 bits per heavy atom. The van der Waals surface area contributed by atoms with Gasteiger partial charge < -0.3 is 10.2 Å². The molecule has 1 saturated heterocycles. The number of amides is 1.